The summed E-state index contributed by atoms with van der Waals surface area (Å²) in [6.45, 7) is 0.304. The summed E-state index contributed by atoms with van der Waals surface area (Å²) in [4.78, 5) is 12.0. The summed E-state index contributed by atoms with van der Waals surface area (Å²) in [5.74, 6) is 5.19. The number of hydrogen-bond donors (Lipinski definition) is 2. The first-order valence-corrected chi connectivity index (χ1v) is 6.88. The number of amides is 1. The van der Waals surface area contributed by atoms with Crippen LogP contribution in [0.1, 0.15) is 41.6 Å². The van der Waals surface area contributed by atoms with Crippen molar-refractivity contribution in [2.75, 3.05) is 13.2 Å². The highest BCUT2D eigenvalue weighted by molar-refractivity contribution is 5.96. The first kappa shape index (κ1) is 14.5. The molecular weight excluding hydrogens is 257 g/mol. The Balaban J connectivity index is 1.97. The molecule has 1 amide bonds. The molecule has 1 aromatic rings. The number of carbonyl (C=O) groups is 1. The summed E-state index contributed by atoms with van der Waals surface area (Å²) < 4.78 is 13.3. The van der Waals surface area contributed by atoms with Gasteiger partial charge in [0.05, 0.1) is 5.56 Å². The Labute approximate surface area is 118 Å². The van der Waals surface area contributed by atoms with Gasteiger partial charge in [-0.05, 0) is 37.0 Å². The second kappa shape index (κ2) is 7.06. The molecule has 1 fully saturated rings. The van der Waals surface area contributed by atoms with Crippen molar-refractivity contribution < 1.29 is 14.3 Å². The predicted molar refractivity (Wildman–Crippen MR) is 74.7 cm³/mol. The highest BCUT2D eigenvalue weighted by atomic mass is 19.1. The normalized spacial score (nSPS) is 13.5. The van der Waals surface area contributed by atoms with Crippen LogP contribution in [0.5, 0.6) is 0 Å². The van der Waals surface area contributed by atoms with E-state index < -0.39 is 5.82 Å². The third-order valence-corrected chi connectivity index (χ3v) is 3.30. The highest BCUT2D eigenvalue weighted by Gasteiger charge is 2.20. The minimum Gasteiger partial charge on any atom is -0.384 e. The lowest BCUT2D eigenvalue weighted by molar-refractivity contribution is 0.0952. The molecule has 0 saturated heterocycles. The largest absolute Gasteiger partial charge is 0.384 e. The van der Waals surface area contributed by atoms with Crippen LogP contribution in [0.2, 0.25) is 0 Å². The van der Waals surface area contributed by atoms with Crippen molar-refractivity contribution in [1.29, 1.82) is 0 Å². The molecule has 0 radical (unpaired) electrons. The van der Waals surface area contributed by atoms with E-state index in [1.165, 1.54) is 31.0 Å². The number of benzene rings is 1. The van der Waals surface area contributed by atoms with E-state index in [1.807, 2.05) is 0 Å². The van der Waals surface area contributed by atoms with Crippen LogP contribution in [0.3, 0.4) is 0 Å². The quantitative estimate of drug-likeness (QED) is 0.638. The fraction of sp³-hybridized carbons (Fsp3) is 0.438. The number of aliphatic hydroxyl groups excluding tert-OH is 1. The van der Waals surface area contributed by atoms with E-state index in [1.54, 1.807) is 0 Å². The molecule has 0 aliphatic heterocycles. The zero-order valence-corrected chi connectivity index (χ0v) is 11.3. The minimum atomic E-state index is -0.470. The maximum atomic E-state index is 13.3. The van der Waals surface area contributed by atoms with Gasteiger partial charge in [0, 0.05) is 12.1 Å². The molecule has 20 heavy (non-hydrogen) atoms. The van der Waals surface area contributed by atoms with Gasteiger partial charge in [-0.1, -0.05) is 24.7 Å². The molecule has 0 atom stereocenters. The predicted octanol–water partition coefficient (Wildman–Crippen LogP) is 2.09. The SMILES string of the molecule is O=C(NCCCC1CC1)c1cc(F)ccc1C#CCO. The standard InChI is InChI=1S/C16H18FNO2/c17-14-8-7-13(4-2-10-19)15(11-14)16(20)18-9-1-3-12-5-6-12/h7-8,11-12,19H,1,3,5-6,9-10H2,(H,18,20). The van der Waals surface area contributed by atoms with E-state index in [2.05, 4.69) is 17.2 Å². The van der Waals surface area contributed by atoms with Crippen LogP contribution in [0.4, 0.5) is 4.39 Å². The lowest BCUT2D eigenvalue weighted by atomic mass is 10.1. The first-order valence-electron chi connectivity index (χ1n) is 6.88. The average Bonchev–Trinajstić information content (AvgIpc) is 3.26. The monoisotopic (exact) mass is 275 g/mol. The van der Waals surface area contributed by atoms with Gasteiger partial charge < -0.3 is 10.4 Å². The summed E-state index contributed by atoms with van der Waals surface area (Å²) >= 11 is 0. The Morgan fingerprint density at radius 3 is 2.95 bits per heavy atom. The fourth-order valence-electron chi connectivity index (χ4n) is 2.04. The van der Waals surface area contributed by atoms with Crippen molar-refractivity contribution in [2.45, 2.75) is 25.7 Å². The number of carbonyl (C=O) groups excluding carboxylic acids is 1. The number of halogens is 1. The molecular formula is C16H18FNO2. The maximum Gasteiger partial charge on any atom is 0.252 e. The van der Waals surface area contributed by atoms with Gasteiger partial charge in [-0.25, -0.2) is 4.39 Å². The molecule has 4 heteroatoms. The zero-order chi connectivity index (χ0) is 14.4. The third-order valence-electron chi connectivity index (χ3n) is 3.30. The molecule has 1 aliphatic carbocycles. The Kier molecular flexibility index (Phi) is 5.14. The Morgan fingerprint density at radius 2 is 2.25 bits per heavy atom. The summed E-state index contributed by atoms with van der Waals surface area (Å²) in [6, 6.07) is 3.89. The van der Waals surface area contributed by atoms with Gasteiger partial charge in [0.25, 0.3) is 5.91 Å². The van der Waals surface area contributed by atoms with Gasteiger partial charge in [-0.3, -0.25) is 4.79 Å². The van der Waals surface area contributed by atoms with Crippen LogP contribution in [-0.4, -0.2) is 24.2 Å². The summed E-state index contributed by atoms with van der Waals surface area (Å²) in [6.07, 6.45) is 4.70. The van der Waals surface area contributed by atoms with Crippen molar-refractivity contribution in [1.82, 2.24) is 5.32 Å². The number of hydrogen-bond acceptors (Lipinski definition) is 2. The zero-order valence-electron chi connectivity index (χ0n) is 11.3. The lowest BCUT2D eigenvalue weighted by Crippen LogP contribution is -2.25. The maximum absolute atomic E-state index is 13.3. The highest BCUT2D eigenvalue weighted by Crippen LogP contribution is 2.33. The van der Waals surface area contributed by atoms with Crippen molar-refractivity contribution >= 4 is 5.91 Å². The van der Waals surface area contributed by atoms with Crippen LogP contribution < -0.4 is 5.32 Å². The lowest BCUT2D eigenvalue weighted by Gasteiger charge is -2.07. The van der Waals surface area contributed by atoms with E-state index in [4.69, 9.17) is 5.11 Å². The van der Waals surface area contributed by atoms with Gasteiger partial charge in [0.15, 0.2) is 0 Å². The van der Waals surface area contributed by atoms with E-state index in [0.717, 1.165) is 18.8 Å². The molecule has 0 spiro atoms. The van der Waals surface area contributed by atoms with Gasteiger partial charge in [-0.15, -0.1) is 0 Å². The topological polar surface area (TPSA) is 49.3 Å². The van der Waals surface area contributed by atoms with Gasteiger partial charge in [0.1, 0.15) is 12.4 Å². The first-order chi connectivity index (χ1) is 9.70. The number of rotatable bonds is 5. The molecule has 1 saturated carbocycles. The van der Waals surface area contributed by atoms with Crippen molar-refractivity contribution in [3.05, 3.63) is 35.1 Å². The molecule has 2 N–H and O–H groups in total. The smallest absolute Gasteiger partial charge is 0.252 e. The molecule has 0 heterocycles. The fourth-order valence-corrected chi connectivity index (χ4v) is 2.04. The molecule has 3 nitrogen and oxygen atoms in total. The Morgan fingerprint density at radius 1 is 1.45 bits per heavy atom. The molecule has 0 aromatic heterocycles. The van der Waals surface area contributed by atoms with Crippen LogP contribution in [0, 0.1) is 23.6 Å². The van der Waals surface area contributed by atoms with Crippen molar-refractivity contribution in [3.8, 4) is 11.8 Å². The summed E-state index contributed by atoms with van der Waals surface area (Å²) in [7, 11) is 0. The van der Waals surface area contributed by atoms with E-state index >= 15 is 0 Å². The van der Waals surface area contributed by atoms with Crippen LogP contribution >= 0.6 is 0 Å². The minimum absolute atomic E-state index is 0.220. The van der Waals surface area contributed by atoms with E-state index in [0.29, 0.717) is 12.1 Å². The van der Waals surface area contributed by atoms with Gasteiger partial charge in [0.2, 0.25) is 0 Å². The average molecular weight is 275 g/mol. The van der Waals surface area contributed by atoms with Crippen LogP contribution in [0.15, 0.2) is 18.2 Å². The van der Waals surface area contributed by atoms with Crippen LogP contribution in [-0.2, 0) is 0 Å². The molecule has 2 rings (SSSR count). The van der Waals surface area contributed by atoms with E-state index in [-0.39, 0.29) is 18.1 Å². The number of aliphatic hydroxyl groups is 1. The van der Waals surface area contributed by atoms with Gasteiger partial charge >= 0.3 is 0 Å². The van der Waals surface area contributed by atoms with Gasteiger partial charge in [-0.2, -0.15) is 0 Å². The molecule has 1 aromatic carbocycles. The molecule has 0 bridgehead atoms. The molecule has 1 aliphatic rings. The van der Waals surface area contributed by atoms with Crippen molar-refractivity contribution in [3.63, 3.8) is 0 Å². The van der Waals surface area contributed by atoms with E-state index in [9.17, 15) is 9.18 Å². The summed E-state index contributed by atoms with van der Waals surface area (Å²) in [5.41, 5.74) is 0.650. The van der Waals surface area contributed by atoms with Crippen molar-refractivity contribution in [2.24, 2.45) is 5.92 Å². The Hall–Kier alpha value is -1.86. The number of nitrogens with one attached hydrogen (secondary N) is 1. The van der Waals surface area contributed by atoms with Crippen LogP contribution in [0.25, 0.3) is 0 Å². The second-order valence-corrected chi connectivity index (χ2v) is 4.99. The molecule has 0 unspecified atom stereocenters. The second-order valence-electron chi connectivity index (χ2n) is 4.99. The Bertz CT molecular complexity index is 541. The third kappa shape index (κ3) is 4.36. The molecule has 106 valence electrons. The summed E-state index contributed by atoms with van der Waals surface area (Å²) in [5, 5.41) is 11.5.